The molecule has 3 aliphatic heterocycles. The average Bonchev–Trinajstić information content (AvgIpc) is 3.06. The fourth-order valence-electron chi connectivity index (χ4n) is 5.58. The van der Waals surface area contributed by atoms with Crippen molar-refractivity contribution in [3.63, 3.8) is 0 Å². The molecule has 1 atom stereocenters. The summed E-state index contributed by atoms with van der Waals surface area (Å²) in [6.07, 6.45) is 7.60. The molecule has 4 heterocycles. The van der Waals surface area contributed by atoms with Crippen LogP contribution < -0.4 is 16.3 Å². The van der Waals surface area contributed by atoms with Crippen LogP contribution in [0.3, 0.4) is 0 Å². The highest BCUT2D eigenvalue weighted by Gasteiger charge is 2.25. The number of likely N-dealkylation sites (tertiary alicyclic amines) is 1. The molecule has 3 aliphatic rings. The van der Waals surface area contributed by atoms with Crippen molar-refractivity contribution >= 4 is 11.0 Å². The Morgan fingerprint density at radius 1 is 0.968 bits per heavy atom. The van der Waals surface area contributed by atoms with Crippen LogP contribution in [0.2, 0.25) is 0 Å². The molecule has 3 fully saturated rings. The van der Waals surface area contributed by atoms with Gasteiger partial charge in [-0.2, -0.15) is 0 Å². The van der Waals surface area contributed by atoms with Gasteiger partial charge in [0.2, 0.25) is 0 Å². The molecule has 0 bridgehead atoms. The van der Waals surface area contributed by atoms with E-state index in [0.717, 1.165) is 95.4 Å². The molecule has 0 aliphatic carbocycles. The third-order valence-electron chi connectivity index (χ3n) is 7.40. The van der Waals surface area contributed by atoms with E-state index in [2.05, 4.69) is 33.7 Å². The quantitative estimate of drug-likeness (QED) is 0.764. The van der Waals surface area contributed by atoms with Gasteiger partial charge in [0.15, 0.2) is 0 Å². The maximum atomic E-state index is 13.0. The fraction of sp³-hybridized carbons (Fsp3) is 0.708. The van der Waals surface area contributed by atoms with Crippen molar-refractivity contribution in [3.8, 4) is 0 Å². The lowest BCUT2D eigenvalue weighted by Gasteiger charge is -2.35. The highest BCUT2D eigenvalue weighted by atomic mass is 16.5. The van der Waals surface area contributed by atoms with Crippen molar-refractivity contribution in [2.45, 2.75) is 63.3 Å². The van der Waals surface area contributed by atoms with Gasteiger partial charge in [-0.1, -0.05) is 6.07 Å². The van der Waals surface area contributed by atoms with Gasteiger partial charge >= 0.3 is 5.69 Å². The molecule has 170 valence electrons. The minimum Gasteiger partial charge on any atom is -0.375 e. The zero-order chi connectivity index (χ0) is 21.2. The molecule has 7 heteroatoms. The Morgan fingerprint density at radius 2 is 1.74 bits per heavy atom. The molecule has 0 spiro atoms. The van der Waals surface area contributed by atoms with Crippen molar-refractivity contribution in [3.05, 3.63) is 34.2 Å². The maximum Gasteiger partial charge on any atom is 0.329 e. The number of piperidine rings is 3. The largest absolute Gasteiger partial charge is 0.375 e. The average molecular weight is 428 g/mol. The second-order valence-electron chi connectivity index (χ2n) is 9.60. The van der Waals surface area contributed by atoms with E-state index in [0.29, 0.717) is 12.2 Å². The molecule has 2 aromatic rings. The first kappa shape index (κ1) is 21.2. The third kappa shape index (κ3) is 4.60. The van der Waals surface area contributed by atoms with Crippen LogP contribution in [0, 0.1) is 0 Å². The molecule has 31 heavy (non-hydrogen) atoms. The van der Waals surface area contributed by atoms with Gasteiger partial charge in [-0.25, -0.2) is 4.79 Å². The number of hydrogen-bond acceptors (Lipinski definition) is 5. The first-order valence-corrected chi connectivity index (χ1v) is 12.2. The molecule has 0 radical (unpaired) electrons. The Morgan fingerprint density at radius 3 is 2.48 bits per heavy atom. The lowest BCUT2D eigenvalue weighted by atomic mass is 10.0. The van der Waals surface area contributed by atoms with Gasteiger partial charge in [0.1, 0.15) is 0 Å². The van der Waals surface area contributed by atoms with Crippen LogP contribution in [0.15, 0.2) is 23.0 Å². The summed E-state index contributed by atoms with van der Waals surface area (Å²) in [5.41, 5.74) is 3.52. The summed E-state index contributed by atoms with van der Waals surface area (Å²) in [6.45, 7) is 7.24. The Labute approximate surface area is 184 Å². The Kier molecular flexibility index (Phi) is 6.46. The van der Waals surface area contributed by atoms with Crippen LogP contribution in [-0.4, -0.2) is 65.5 Å². The Balaban J connectivity index is 1.23. The number of nitrogens with zero attached hydrogens (tertiary/aromatic N) is 3. The van der Waals surface area contributed by atoms with Crippen LogP contribution in [0.5, 0.6) is 0 Å². The molecule has 5 rings (SSSR count). The van der Waals surface area contributed by atoms with Gasteiger partial charge in [-0.15, -0.1) is 0 Å². The molecule has 0 saturated carbocycles. The highest BCUT2D eigenvalue weighted by Crippen LogP contribution is 2.24. The van der Waals surface area contributed by atoms with Crippen molar-refractivity contribution in [2.24, 2.45) is 7.05 Å². The molecule has 1 aromatic heterocycles. The number of nitrogens with one attached hydrogen (secondary N) is 2. The number of benzene rings is 1. The maximum absolute atomic E-state index is 13.0. The van der Waals surface area contributed by atoms with Crippen molar-refractivity contribution in [1.82, 2.24) is 24.7 Å². The van der Waals surface area contributed by atoms with Crippen molar-refractivity contribution < 1.29 is 4.74 Å². The predicted octanol–water partition coefficient (Wildman–Crippen LogP) is 2.00. The van der Waals surface area contributed by atoms with Gasteiger partial charge in [0, 0.05) is 33.2 Å². The first-order chi connectivity index (χ1) is 15.2. The van der Waals surface area contributed by atoms with Gasteiger partial charge in [0.25, 0.3) is 0 Å². The van der Waals surface area contributed by atoms with Crippen molar-refractivity contribution in [2.75, 3.05) is 39.3 Å². The third-order valence-corrected chi connectivity index (χ3v) is 7.40. The van der Waals surface area contributed by atoms with E-state index in [4.69, 9.17) is 4.74 Å². The van der Waals surface area contributed by atoms with E-state index in [1.54, 1.807) is 0 Å². The summed E-state index contributed by atoms with van der Waals surface area (Å²) < 4.78 is 10.2. The van der Waals surface area contributed by atoms with Gasteiger partial charge < -0.3 is 15.4 Å². The van der Waals surface area contributed by atoms with E-state index < -0.39 is 0 Å². The summed E-state index contributed by atoms with van der Waals surface area (Å²) >= 11 is 0. The molecule has 2 N–H and O–H groups in total. The zero-order valence-corrected chi connectivity index (χ0v) is 18.8. The second kappa shape index (κ2) is 9.45. The Bertz CT molecular complexity index is 931. The SMILES string of the molecule is Cn1c(=O)n(C2CCCNC2)c2ccc(CN3CCC(OC4CCNCC4)CC3)cc21. The van der Waals surface area contributed by atoms with Gasteiger partial charge in [0.05, 0.1) is 29.3 Å². The molecular formula is C24H37N5O2. The number of imidazole rings is 1. The Hall–Kier alpha value is -1.67. The second-order valence-corrected chi connectivity index (χ2v) is 9.60. The summed E-state index contributed by atoms with van der Waals surface area (Å²) in [6, 6.07) is 6.86. The van der Waals surface area contributed by atoms with E-state index in [-0.39, 0.29) is 11.7 Å². The minimum atomic E-state index is 0.108. The normalized spacial score (nSPS) is 24.7. The first-order valence-electron chi connectivity index (χ1n) is 12.2. The number of ether oxygens (including phenoxy) is 1. The molecular weight excluding hydrogens is 390 g/mol. The zero-order valence-electron chi connectivity index (χ0n) is 18.8. The molecule has 3 saturated heterocycles. The van der Waals surface area contributed by atoms with Crippen LogP contribution in [0.4, 0.5) is 0 Å². The number of hydrogen-bond donors (Lipinski definition) is 2. The number of fused-ring (bicyclic) bond motifs is 1. The van der Waals surface area contributed by atoms with Crippen LogP contribution in [0.1, 0.15) is 50.1 Å². The molecule has 7 nitrogen and oxygen atoms in total. The minimum absolute atomic E-state index is 0.108. The van der Waals surface area contributed by atoms with Crippen molar-refractivity contribution in [1.29, 1.82) is 0 Å². The molecule has 0 amide bonds. The number of aromatic nitrogens is 2. The fourth-order valence-corrected chi connectivity index (χ4v) is 5.58. The summed E-state index contributed by atoms with van der Waals surface area (Å²) in [7, 11) is 1.91. The van der Waals surface area contributed by atoms with Crippen LogP contribution >= 0.6 is 0 Å². The number of aryl methyl sites for hydroxylation is 1. The smallest absolute Gasteiger partial charge is 0.329 e. The lowest BCUT2D eigenvalue weighted by molar-refractivity contribution is -0.0539. The summed E-state index contributed by atoms with van der Waals surface area (Å²) in [4.78, 5) is 15.5. The summed E-state index contributed by atoms with van der Waals surface area (Å²) in [5.74, 6) is 0. The van der Waals surface area contributed by atoms with Crippen LogP contribution in [-0.2, 0) is 18.3 Å². The highest BCUT2D eigenvalue weighted by molar-refractivity contribution is 5.77. The summed E-state index contributed by atoms with van der Waals surface area (Å²) in [5, 5.41) is 6.85. The monoisotopic (exact) mass is 427 g/mol. The molecule has 1 aromatic carbocycles. The van der Waals surface area contributed by atoms with E-state index >= 15 is 0 Å². The van der Waals surface area contributed by atoms with E-state index in [1.165, 1.54) is 5.56 Å². The molecule has 1 unspecified atom stereocenters. The topological polar surface area (TPSA) is 63.5 Å². The van der Waals surface area contributed by atoms with E-state index in [1.807, 2.05) is 16.2 Å². The van der Waals surface area contributed by atoms with Gasteiger partial charge in [-0.05, 0) is 75.9 Å². The standard InChI is InChI=1S/C24H37N5O2/c1-27-23-15-18(4-5-22(23)29(24(27)30)19-3-2-10-26-16-19)17-28-13-8-21(9-14-28)31-20-6-11-25-12-7-20/h4-5,15,19-21,25-26H,2-3,6-14,16-17H2,1H3. The lowest BCUT2D eigenvalue weighted by Crippen LogP contribution is -2.40. The van der Waals surface area contributed by atoms with Crippen LogP contribution in [0.25, 0.3) is 11.0 Å². The number of rotatable bonds is 5. The van der Waals surface area contributed by atoms with Gasteiger partial charge in [-0.3, -0.25) is 14.0 Å². The van der Waals surface area contributed by atoms with E-state index in [9.17, 15) is 4.79 Å². The predicted molar refractivity (Wildman–Crippen MR) is 124 cm³/mol.